The zero-order valence-electron chi connectivity index (χ0n) is 9.81. The lowest BCUT2D eigenvalue weighted by Crippen LogP contribution is -2.10. The van der Waals surface area contributed by atoms with E-state index in [4.69, 9.17) is 0 Å². The topological polar surface area (TPSA) is 0 Å². The Morgan fingerprint density at radius 2 is 1.29 bits per heavy atom. The van der Waals surface area contributed by atoms with Crippen molar-refractivity contribution in [3.8, 4) is 0 Å². The maximum atomic E-state index is 12.4. The first-order valence-electron chi connectivity index (χ1n) is 5.00. The van der Waals surface area contributed by atoms with Gasteiger partial charge in [0.15, 0.2) is 0 Å². The van der Waals surface area contributed by atoms with Gasteiger partial charge in [-0.25, -0.2) is 0 Å². The second-order valence-corrected chi connectivity index (χ2v) is 7.76. The average Bonchev–Trinajstić information content (AvgIpc) is 1.97. The Kier molecular flexibility index (Phi) is 2.65. The summed E-state index contributed by atoms with van der Waals surface area (Å²) >= 11 is 0. The highest BCUT2D eigenvalue weighted by atomic mass is 32.5. The van der Waals surface area contributed by atoms with Crippen molar-refractivity contribution < 1.29 is 19.4 Å². The fourth-order valence-corrected chi connectivity index (χ4v) is 2.13. The summed E-state index contributed by atoms with van der Waals surface area (Å²) in [6.45, 7) is 5.77. The van der Waals surface area contributed by atoms with Crippen LogP contribution in [0.3, 0.4) is 0 Å². The highest BCUT2D eigenvalue weighted by Crippen LogP contribution is 3.02. The fourth-order valence-electron chi connectivity index (χ4n) is 1.48. The van der Waals surface area contributed by atoms with Gasteiger partial charge in [0.2, 0.25) is 0 Å². The molecule has 0 bridgehead atoms. The molecule has 0 nitrogen and oxygen atoms in total. The molecule has 100 valence electrons. The molecule has 1 rings (SSSR count). The second-order valence-electron chi connectivity index (χ2n) is 5.35. The van der Waals surface area contributed by atoms with Gasteiger partial charge in [-0.1, -0.05) is 52.3 Å². The van der Waals surface area contributed by atoms with E-state index in [9.17, 15) is 19.4 Å². The van der Waals surface area contributed by atoms with E-state index in [1.54, 1.807) is 0 Å². The normalized spacial score (nSPS) is 17.4. The third-order valence-corrected chi connectivity index (χ3v) is 3.27. The summed E-state index contributed by atoms with van der Waals surface area (Å²) in [6.07, 6.45) is 0.535. The third kappa shape index (κ3) is 4.53. The number of hydrogen-bond acceptors (Lipinski definition) is 0. The van der Waals surface area contributed by atoms with E-state index in [0.717, 1.165) is 12.1 Å². The molecular formula is C11H15F5S. The summed E-state index contributed by atoms with van der Waals surface area (Å²) in [5.74, 6) is 0. The summed E-state index contributed by atoms with van der Waals surface area (Å²) in [7, 11) is -9.52. The Morgan fingerprint density at radius 3 is 1.59 bits per heavy atom. The van der Waals surface area contributed by atoms with Gasteiger partial charge in [0, 0.05) is 0 Å². The van der Waals surface area contributed by atoms with E-state index < -0.39 is 15.1 Å². The van der Waals surface area contributed by atoms with Crippen molar-refractivity contribution in [2.24, 2.45) is 5.41 Å². The lowest BCUT2D eigenvalue weighted by molar-refractivity contribution is 0.364. The molecule has 0 atom stereocenters. The third-order valence-electron chi connectivity index (χ3n) is 2.10. The standard InChI is InChI=1S/C11H15F5S/c1-11(2,3)8-9-4-6-10(7-5-9)17(12,13,14,15)16/h4-7H,8H2,1-3H3. The first-order valence-corrected chi connectivity index (χ1v) is 6.96. The minimum atomic E-state index is -9.52. The minimum absolute atomic E-state index is 0.101. The van der Waals surface area contributed by atoms with Crippen LogP contribution >= 0.6 is 10.2 Å². The van der Waals surface area contributed by atoms with Crippen molar-refractivity contribution in [3.63, 3.8) is 0 Å². The second kappa shape index (κ2) is 3.16. The average molecular weight is 274 g/mol. The molecule has 0 fully saturated rings. The number of halogens is 5. The zero-order valence-corrected chi connectivity index (χ0v) is 10.6. The first-order chi connectivity index (χ1) is 7.17. The zero-order chi connectivity index (χ0) is 13.6. The first kappa shape index (κ1) is 14.3. The maximum Gasteiger partial charge on any atom is 0.310 e. The molecule has 1 aromatic rings. The monoisotopic (exact) mass is 274 g/mol. The van der Waals surface area contributed by atoms with E-state index in [2.05, 4.69) is 0 Å². The molecule has 0 unspecified atom stereocenters. The summed E-state index contributed by atoms with van der Waals surface area (Å²) < 4.78 is 62.1. The van der Waals surface area contributed by atoms with Crippen molar-refractivity contribution in [1.82, 2.24) is 0 Å². The summed E-state index contributed by atoms with van der Waals surface area (Å²) in [5, 5.41) is 0. The molecule has 0 saturated carbocycles. The van der Waals surface area contributed by atoms with E-state index in [-0.39, 0.29) is 5.41 Å². The SMILES string of the molecule is CC(C)(C)Cc1ccc(S(F)(F)(F)(F)F)cc1. The van der Waals surface area contributed by atoms with Gasteiger partial charge in [0.1, 0.15) is 4.90 Å². The molecule has 0 aromatic heterocycles. The van der Waals surface area contributed by atoms with Crippen LogP contribution in [0.4, 0.5) is 19.4 Å². The van der Waals surface area contributed by atoms with Gasteiger partial charge in [-0.05, 0) is 29.5 Å². The highest BCUT2D eigenvalue weighted by Gasteiger charge is 2.65. The number of hydrogen-bond donors (Lipinski definition) is 0. The number of rotatable bonds is 2. The van der Waals surface area contributed by atoms with Crippen LogP contribution in [0.5, 0.6) is 0 Å². The summed E-state index contributed by atoms with van der Waals surface area (Å²) in [5.41, 5.74) is 0.513. The summed E-state index contributed by atoms with van der Waals surface area (Å²) in [6, 6.07) is 3.14. The molecule has 0 N–H and O–H groups in total. The van der Waals surface area contributed by atoms with Crippen molar-refractivity contribution in [3.05, 3.63) is 29.8 Å². The molecule has 6 heteroatoms. The quantitative estimate of drug-likeness (QED) is 0.586. The van der Waals surface area contributed by atoms with Crippen LogP contribution in [0.1, 0.15) is 26.3 Å². The van der Waals surface area contributed by atoms with E-state index in [0.29, 0.717) is 24.1 Å². The lowest BCUT2D eigenvalue weighted by Gasteiger charge is -2.40. The molecular weight excluding hydrogens is 259 g/mol. The van der Waals surface area contributed by atoms with E-state index in [1.165, 1.54) is 0 Å². The molecule has 0 spiro atoms. The van der Waals surface area contributed by atoms with Crippen LogP contribution in [0.25, 0.3) is 0 Å². The Balaban J connectivity index is 3.07. The van der Waals surface area contributed by atoms with Gasteiger partial charge in [-0.15, -0.1) is 0 Å². The van der Waals surface area contributed by atoms with Crippen LogP contribution < -0.4 is 0 Å². The van der Waals surface area contributed by atoms with E-state index >= 15 is 0 Å². The van der Waals surface area contributed by atoms with E-state index in [1.807, 2.05) is 20.8 Å². The van der Waals surface area contributed by atoms with Crippen LogP contribution in [0.15, 0.2) is 29.2 Å². The van der Waals surface area contributed by atoms with Crippen molar-refractivity contribution >= 4 is 10.2 Å². The largest absolute Gasteiger partial charge is 0.310 e. The van der Waals surface area contributed by atoms with Crippen molar-refractivity contribution in [2.75, 3.05) is 0 Å². The molecule has 0 aliphatic heterocycles. The molecule has 0 heterocycles. The van der Waals surface area contributed by atoms with Gasteiger partial charge in [0.25, 0.3) is 0 Å². The van der Waals surface area contributed by atoms with Crippen molar-refractivity contribution in [1.29, 1.82) is 0 Å². The predicted molar refractivity (Wildman–Crippen MR) is 61.0 cm³/mol. The van der Waals surface area contributed by atoms with Gasteiger partial charge in [0.05, 0.1) is 0 Å². The Bertz CT molecular complexity index is 409. The molecule has 1 aromatic carbocycles. The molecule has 0 radical (unpaired) electrons. The molecule has 17 heavy (non-hydrogen) atoms. The van der Waals surface area contributed by atoms with Crippen LogP contribution in [-0.2, 0) is 6.42 Å². The van der Waals surface area contributed by atoms with Crippen LogP contribution in [0.2, 0.25) is 0 Å². The fraction of sp³-hybridized carbons (Fsp3) is 0.455. The van der Waals surface area contributed by atoms with Gasteiger partial charge in [-0.3, -0.25) is 0 Å². The smallest absolute Gasteiger partial charge is 0.0936 e. The molecule has 0 aliphatic rings. The summed E-state index contributed by atoms with van der Waals surface area (Å²) in [4.78, 5) is -1.83. The lowest BCUT2D eigenvalue weighted by atomic mass is 9.88. The molecule has 0 amide bonds. The van der Waals surface area contributed by atoms with Gasteiger partial charge < -0.3 is 0 Å². The van der Waals surface area contributed by atoms with Crippen molar-refractivity contribution in [2.45, 2.75) is 32.1 Å². The van der Waals surface area contributed by atoms with Gasteiger partial charge >= 0.3 is 10.2 Å². The molecule has 0 saturated heterocycles. The Labute approximate surface area is 97.6 Å². The van der Waals surface area contributed by atoms with Crippen LogP contribution in [-0.4, -0.2) is 0 Å². The predicted octanol–water partition coefficient (Wildman–Crippen LogP) is 5.93. The minimum Gasteiger partial charge on any atom is -0.0936 e. The van der Waals surface area contributed by atoms with Gasteiger partial charge in [-0.2, -0.15) is 0 Å². The Hall–Kier alpha value is -0.780. The maximum absolute atomic E-state index is 12.4. The molecule has 0 aliphatic carbocycles. The highest BCUT2D eigenvalue weighted by molar-refractivity contribution is 8.45. The Morgan fingerprint density at radius 1 is 0.882 bits per heavy atom. The van der Waals surface area contributed by atoms with Crippen LogP contribution in [0, 0.1) is 5.41 Å². The number of benzene rings is 1.